The third kappa shape index (κ3) is 2.42. The Morgan fingerprint density at radius 3 is 2.56 bits per heavy atom. The zero-order valence-corrected chi connectivity index (χ0v) is 9.69. The zero-order valence-electron chi connectivity index (χ0n) is 9.69. The van der Waals surface area contributed by atoms with Gasteiger partial charge in [-0.15, -0.1) is 0 Å². The molecule has 0 aliphatic heterocycles. The molecule has 1 nitrogen and oxygen atoms in total. The van der Waals surface area contributed by atoms with Gasteiger partial charge in [0.1, 0.15) is 0 Å². The van der Waals surface area contributed by atoms with Crippen LogP contribution in [0.15, 0.2) is 48.6 Å². The molecule has 1 atom stereocenters. The first kappa shape index (κ1) is 11.2. The summed E-state index contributed by atoms with van der Waals surface area (Å²) in [7, 11) is 0. The summed E-state index contributed by atoms with van der Waals surface area (Å²) >= 11 is 0. The van der Waals surface area contributed by atoms with Gasteiger partial charge < -0.3 is 5.11 Å². The molecule has 16 heavy (non-hydrogen) atoms. The van der Waals surface area contributed by atoms with Crippen molar-refractivity contribution >= 4 is 5.57 Å². The zero-order chi connectivity index (χ0) is 11.4. The number of benzene rings is 1. The van der Waals surface area contributed by atoms with Crippen LogP contribution in [0.3, 0.4) is 0 Å². The number of hydrogen-bond acceptors (Lipinski definition) is 1. The average molecular weight is 214 g/mol. The van der Waals surface area contributed by atoms with Gasteiger partial charge in [-0.05, 0) is 24.0 Å². The van der Waals surface area contributed by atoms with Crippen LogP contribution >= 0.6 is 0 Å². The van der Waals surface area contributed by atoms with E-state index in [9.17, 15) is 5.11 Å². The fourth-order valence-electron chi connectivity index (χ4n) is 2.13. The summed E-state index contributed by atoms with van der Waals surface area (Å²) < 4.78 is 0. The summed E-state index contributed by atoms with van der Waals surface area (Å²) in [4.78, 5) is 0. The molecule has 84 valence electrons. The normalized spacial score (nSPS) is 24.2. The van der Waals surface area contributed by atoms with Crippen LogP contribution in [0.1, 0.15) is 31.7 Å². The van der Waals surface area contributed by atoms with E-state index in [2.05, 4.69) is 25.1 Å². The Morgan fingerprint density at radius 1 is 1.25 bits per heavy atom. The molecule has 1 N–H and O–H groups in total. The molecular weight excluding hydrogens is 196 g/mol. The van der Waals surface area contributed by atoms with E-state index < -0.39 is 5.60 Å². The van der Waals surface area contributed by atoms with Gasteiger partial charge in [0, 0.05) is 0 Å². The topological polar surface area (TPSA) is 20.2 Å². The summed E-state index contributed by atoms with van der Waals surface area (Å²) in [5.41, 5.74) is 1.81. The fourth-order valence-corrected chi connectivity index (χ4v) is 2.13. The summed E-state index contributed by atoms with van der Waals surface area (Å²) in [6, 6.07) is 10.3. The summed E-state index contributed by atoms with van der Waals surface area (Å²) in [6.07, 6.45) is 8.68. The summed E-state index contributed by atoms with van der Waals surface area (Å²) in [5.74, 6) is 0. The molecule has 1 aliphatic rings. The van der Waals surface area contributed by atoms with Crippen molar-refractivity contribution in [2.24, 2.45) is 0 Å². The van der Waals surface area contributed by atoms with Crippen LogP contribution < -0.4 is 0 Å². The average Bonchev–Trinajstić information content (AvgIpc) is 2.31. The third-order valence-electron chi connectivity index (χ3n) is 3.04. The van der Waals surface area contributed by atoms with Crippen LogP contribution in [0.2, 0.25) is 0 Å². The summed E-state index contributed by atoms with van der Waals surface area (Å²) in [5, 5.41) is 10.2. The highest BCUT2D eigenvalue weighted by Crippen LogP contribution is 2.29. The van der Waals surface area contributed by atoms with Crippen molar-refractivity contribution in [1.82, 2.24) is 0 Å². The van der Waals surface area contributed by atoms with Crippen LogP contribution in [0.5, 0.6) is 0 Å². The maximum absolute atomic E-state index is 10.2. The Bertz CT molecular complexity index is 403. The van der Waals surface area contributed by atoms with E-state index in [1.54, 1.807) is 0 Å². The minimum atomic E-state index is -0.618. The first-order chi connectivity index (χ1) is 7.73. The predicted octanol–water partition coefficient (Wildman–Crippen LogP) is 3.56. The quantitative estimate of drug-likeness (QED) is 0.815. The van der Waals surface area contributed by atoms with Gasteiger partial charge in [0.15, 0.2) is 0 Å². The predicted molar refractivity (Wildman–Crippen MR) is 68.0 cm³/mol. The molecule has 1 aromatic carbocycles. The van der Waals surface area contributed by atoms with E-state index in [0.29, 0.717) is 0 Å². The van der Waals surface area contributed by atoms with Crippen LogP contribution in [0.4, 0.5) is 0 Å². The van der Waals surface area contributed by atoms with Crippen LogP contribution in [-0.4, -0.2) is 10.7 Å². The van der Waals surface area contributed by atoms with E-state index in [-0.39, 0.29) is 0 Å². The molecule has 1 aliphatic carbocycles. The number of allylic oxidation sites excluding steroid dienone is 2. The monoisotopic (exact) mass is 214 g/mol. The Balaban J connectivity index is 2.14. The molecule has 1 aromatic rings. The van der Waals surface area contributed by atoms with Crippen molar-refractivity contribution in [3.05, 3.63) is 54.1 Å². The van der Waals surface area contributed by atoms with Gasteiger partial charge in [-0.25, -0.2) is 0 Å². The maximum Gasteiger partial charge on any atom is 0.0865 e. The number of aliphatic hydroxyl groups is 1. The molecule has 0 spiro atoms. The Labute approximate surface area is 97.1 Å². The molecule has 1 heteroatoms. The molecule has 0 radical (unpaired) electrons. The number of rotatable bonds is 3. The highest BCUT2D eigenvalue weighted by Gasteiger charge is 2.23. The van der Waals surface area contributed by atoms with Gasteiger partial charge in [0.2, 0.25) is 0 Å². The lowest BCUT2D eigenvalue weighted by molar-refractivity contribution is 0.0830. The highest BCUT2D eigenvalue weighted by molar-refractivity contribution is 5.75. The van der Waals surface area contributed by atoms with Crippen LogP contribution in [-0.2, 0) is 0 Å². The fraction of sp³-hybridized carbons (Fsp3) is 0.333. The van der Waals surface area contributed by atoms with Crippen molar-refractivity contribution < 1.29 is 5.11 Å². The molecule has 0 fully saturated rings. The highest BCUT2D eigenvalue weighted by atomic mass is 16.3. The molecule has 1 unspecified atom stereocenters. The van der Waals surface area contributed by atoms with Crippen molar-refractivity contribution in [2.45, 2.75) is 31.8 Å². The smallest absolute Gasteiger partial charge is 0.0865 e. The van der Waals surface area contributed by atoms with Gasteiger partial charge in [-0.1, -0.05) is 61.9 Å². The molecule has 0 aromatic heterocycles. The van der Waals surface area contributed by atoms with Crippen LogP contribution in [0, 0.1) is 0 Å². The van der Waals surface area contributed by atoms with E-state index in [4.69, 9.17) is 0 Å². The largest absolute Gasteiger partial charge is 0.385 e. The lowest BCUT2D eigenvalue weighted by atomic mass is 9.86. The minimum absolute atomic E-state index is 0.618. The minimum Gasteiger partial charge on any atom is -0.385 e. The molecule has 2 rings (SSSR count). The molecular formula is C15H18O. The van der Waals surface area contributed by atoms with Gasteiger partial charge in [0.25, 0.3) is 0 Å². The number of hydrogen-bond donors (Lipinski definition) is 1. The SMILES string of the molecule is CCCC1(O)C=CC(c2ccccc2)=CC1. The maximum atomic E-state index is 10.2. The van der Waals surface area contributed by atoms with E-state index in [0.717, 1.165) is 19.3 Å². The Morgan fingerprint density at radius 2 is 2.00 bits per heavy atom. The van der Waals surface area contributed by atoms with Gasteiger partial charge >= 0.3 is 0 Å². The Kier molecular flexibility index (Phi) is 3.25. The van der Waals surface area contributed by atoms with E-state index in [1.165, 1.54) is 11.1 Å². The lowest BCUT2D eigenvalue weighted by Gasteiger charge is -2.26. The summed E-state index contributed by atoms with van der Waals surface area (Å²) in [6.45, 7) is 2.10. The van der Waals surface area contributed by atoms with Crippen molar-refractivity contribution in [3.8, 4) is 0 Å². The lowest BCUT2D eigenvalue weighted by Crippen LogP contribution is -2.26. The first-order valence-corrected chi connectivity index (χ1v) is 5.91. The molecule has 0 saturated heterocycles. The second-order valence-electron chi connectivity index (χ2n) is 4.42. The van der Waals surface area contributed by atoms with E-state index >= 15 is 0 Å². The van der Waals surface area contributed by atoms with Crippen LogP contribution in [0.25, 0.3) is 5.57 Å². The first-order valence-electron chi connectivity index (χ1n) is 5.91. The van der Waals surface area contributed by atoms with Crippen molar-refractivity contribution in [2.75, 3.05) is 0 Å². The van der Waals surface area contributed by atoms with E-state index in [1.807, 2.05) is 30.4 Å². The second kappa shape index (κ2) is 4.67. The van der Waals surface area contributed by atoms with Gasteiger partial charge in [-0.3, -0.25) is 0 Å². The van der Waals surface area contributed by atoms with Gasteiger partial charge in [-0.2, -0.15) is 0 Å². The van der Waals surface area contributed by atoms with Crippen molar-refractivity contribution in [1.29, 1.82) is 0 Å². The Hall–Kier alpha value is -1.34. The molecule has 0 bridgehead atoms. The molecule has 0 heterocycles. The molecule has 0 saturated carbocycles. The molecule has 0 amide bonds. The van der Waals surface area contributed by atoms with Crippen molar-refractivity contribution in [3.63, 3.8) is 0 Å². The standard InChI is InChI=1S/C15H18O/c1-2-10-15(16)11-8-14(9-12-15)13-6-4-3-5-7-13/h3-9,11,16H,2,10,12H2,1H3. The second-order valence-corrected chi connectivity index (χ2v) is 4.42. The third-order valence-corrected chi connectivity index (χ3v) is 3.04. The van der Waals surface area contributed by atoms with Gasteiger partial charge in [0.05, 0.1) is 5.60 Å².